The van der Waals surface area contributed by atoms with E-state index >= 15 is 0 Å². The van der Waals surface area contributed by atoms with Gasteiger partial charge in [-0.3, -0.25) is 0 Å². The van der Waals surface area contributed by atoms with Crippen LogP contribution in [0.5, 0.6) is 0 Å². The lowest BCUT2D eigenvalue weighted by atomic mass is 9.91. The third kappa shape index (κ3) is 2.41. The highest BCUT2D eigenvalue weighted by Gasteiger charge is 2.10. The van der Waals surface area contributed by atoms with Crippen LogP contribution in [0.25, 0.3) is 0 Å². The van der Waals surface area contributed by atoms with E-state index in [4.69, 9.17) is 5.26 Å². The van der Waals surface area contributed by atoms with Gasteiger partial charge in [0.05, 0.1) is 6.07 Å². The van der Waals surface area contributed by atoms with Crippen LogP contribution in [0, 0.1) is 16.7 Å². The summed E-state index contributed by atoms with van der Waals surface area (Å²) < 4.78 is 0. The fraction of sp³-hybridized carbons (Fsp3) is 0.571. The Morgan fingerprint density at radius 3 is 2.38 bits per heavy atom. The van der Waals surface area contributed by atoms with E-state index in [9.17, 15) is 0 Å². The summed E-state index contributed by atoms with van der Waals surface area (Å²) in [7, 11) is 0. The van der Waals surface area contributed by atoms with E-state index < -0.39 is 0 Å². The minimum atomic E-state index is -0.00521. The van der Waals surface area contributed by atoms with Crippen LogP contribution >= 0.6 is 0 Å². The van der Waals surface area contributed by atoms with Crippen LogP contribution in [0.4, 0.5) is 0 Å². The molecule has 0 aromatic carbocycles. The molecule has 0 aromatic rings. The first-order valence-electron chi connectivity index (χ1n) is 2.63. The molecule has 0 rings (SSSR count). The second kappa shape index (κ2) is 2.52. The van der Waals surface area contributed by atoms with Crippen LogP contribution in [0.2, 0.25) is 0 Å². The molecule has 0 N–H and O–H groups in total. The van der Waals surface area contributed by atoms with Gasteiger partial charge in [0.25, 0.3) is 0 Å². The SMILES string of the molecule is C=CC(C)(C)CC#N. The van der Waals surface area contributed by atoms with Gasteiger partial charge in [-0.15, -0.1) is 6.58 Å². The number of rotatable bonds is 2. The lowest BCUT2D eigenvalue weighted by Gasteiger charge is -2.12. The molecular weight excluding hydrogens is 98.1 g/mol. The fourth-order valence-electron chi connectivity index (χ4n) is 0.276. The monoisotopic (exact) mass is 109 g/mol. The van der Waals surface area contributed by atoms with E-state index in [-0.39, 0.29) is 5.41 Å². The minimum Gasteiger partial charge on any atom is -0.198 e. The highest BCUT2D eigenvalue weighted by atomic mass is 14.3. The Morgan fingerprint density at radius 2 is 2.25 bits per heavy atom. The molecule has 0 saturated heterocycles. The van der Waals surface area contributed by atoms with Crippen molar-refractivity contribution in [1.82, 2.24) is 0 Å². The molecule has 44 valence electrons. The van der Waals surface area contributed by atoms with Gasteiger partial charge in [-0.2, -0.15) is 5.26 Å². The van der Waals surface area contributed by atoms with Crippen molar-refractivity contribution in [2.24, 2.45) is 5.41 Å². The van der Waals surface area contributed by atoms with Crippen LogP contribution < -0.4 is 0 Å². The zero-order valence-electron chi connectivity index (χ0n) is 5.44. The summed E-state index contributed by atoms with van der Waals surface area (Å²) in [6, 6.07) is 2.09. The van der Waals surface area contributed by atoms with Gasteiger partial charge in [-0.1, -0.05) is 19.9 Å². The Balaban J connectivity index is 3.76. The molecule has 0 fully saturated rings. The van der Waals surface area contributed by atoms with E-state index in [1.54, 1.807) is 6.08 Å². The topological polar surface area (TPSA) is 23.8 Å². The summed E-state index contributed by atoms with van der Waals surface area (Å²) in [6.07, 6.45) is 2.35. The van der Waals surface area contributed by atoms with Gasteiger partial charge in [-0.25, -0.2) is 0 Å². The standard InChI is InChI=1S/C7H11N/c1-4-7(2,3)5-6-8/h4H,1,5H2,2-3H3. The number of nitriles is 1. The normalized spacial score (nSPS) is 10.1. The summed E-state index contributed by atoms with van der Waals surface area (Å²) in [5.41, 5.74) is -0.00521. The van der Waals surface area contributed by atoms with E-state index in [0.29, 0.717) is 6.42 Å². The van der Waals surface area contributed by atoms with Gasteiger partial charge in [0.15, 0.2) is 0 Å². The molecule has 0 aliphatic rings. The molecule has 0 aliphatic heterocycles. The molecule has 0 saturated carbocycles. The highest BCUT2D eigenvalue weighted by Crippen LogP contribution is 2.19. The van der Waals surface area contributed by atoms with Crippen LogP contribution in [-0.2, 0) is 0 Å². The highest BCUT2D eigenvalue weighted by molar-refractivity contribution is 4.93. The summed E-state index contributed by atoms with van der Waals surface area (Å²) in [5.74, 6) is 0. The van der Waals surface area contributed by atoms with E-state index in [2.05, 4.69) is 12.6 Å². The molecule has 0 radical (unpaired) electrons. The van der Waals surface area contributed by atoms with E-state index in [1.165, 1.54) is 0 Å². The predicted molar refractivity (Wildman–Crippen MR) is 34.2 cm³/mol. The Bertz CT molecular complexity index is 117. The number of allylic oxidation sites excluding steroid dienone is 1. The Hall–Kier alpha value is -0.770. The van der Waals surface area contributed by atoms with Crippen LogP contribution in [0.3, 0.4) is 0 Å². The van der Waals surface area contributed by atoms with Crippen molar-refractivity contribution in [2.75, 3.05) is 0 Å². The van der Waals surface area contributed by atoms with Gasteiger partial charge >= 0.3 is 0 Å². The maximum Gasteiger partial charge on any atom is 0.0630 e. The maximum atomic E-state index is 8.24. The van der Waals surface area contributed by atoms with Crippen molar-refractivity contribution in [3.05, 3.63) is 12.7 Å². The average molecular weight is 109 g/mol. The van der Waals surface area contributed by atoms with Crippen molar-refractivity contribution in [2.45, 2.75) is 20.3 Å². The van der Waals surface area contributed by atoms with Gasteiger partial charge < -0.3 is 0 Å². The molecular formula is C7H11N. The molecule has 8 heavy (non-hydrogen) atoms. The molecule has 0 bridgehead atoms. The van der Waals surface area contributed by atoms with E-state index in [1.807, 2.05) is 13.8 Å². The van der Waals surface area contributed by atoms with Gasteiger partial charge in [0.1, 0.15) is 0 Å². The minimum absolute atomic E-state index is 0.00521. The van der Waals surface area contributed by atoms with Gasteiger partial charge in [0.2, 0.25) is 0 Å². The molecule has 0 unspecified atom stereocenters. The lowest BCUT2D eigenvalue weighted by Crippen LogP contribution is -2.03. The Kier molecular flexibility index (Phi) is 2.27. The fourth-order valence-corrected chi connectivity index (χ4v) is 0.276. The number of nitrogens with zero attached hydrogens (tertiary/aromatic N) is 1. The van der Waals surface area contributed by atoms with Crippen molar-refractivity contribution in [3.8, 4) is 6.07 Å². The second-order valence-corrected chi connectivity index (χ2v) is 2.53. The van der Waals surface area contributed by atoms with Crippen molar-refractivity contribution in [3.63, 3.8) is 0 Å². The summed E-state index contributed by atoms with van der Waals surface area (Å²) in [4.78, 5) is 0. The van der Waals surface area contributed by atoms with Crippen molar-refractivity contribution in [1.29, 1.82) is 5.26 Å². The first kappa shape index (κ1) is 7.23. The quantitative estimate of drug-likeness (QED) is 0.498. The predicted octanol–water partition coefficient (Wildman–Crippen LogP) is 2.11. The van der Waals surface area contributed by atoms with Crippen LogP contribution in [-0.4, -0.2) is 0 Å². The smallest absolute Gasteiger partial charge is 0.0630 e. The number of hydrogen-bond donors (Lipinski definition) is 0. The Labute approximate surface area is 50.6 Å². The van der Waals surface area contributed by atoms with Crippen molar-refractivity contribution >= 4 is 0 Å². The Morgan fingerprint density at radius 1 is 1.75 bits per heavy atom. The molecule has 0 heterocycles. The molecule has 0 atom stereocenters. The number of hydrogen-bond acceptors (Lipinski definition) is 1. The first-order valence-corrected chi connectivity index (χ1v) is 2.63. The third-order valence-corrected chi connectivity index (χ3v) is 1.09. The average Bonchev–Trinajstić information content (AvgIpc) is 1.67. The lowest BCUT2D eigenvalue weighted by molar-refractivity contribution is 0.496. The molecule has 1 nitrogen and oxygen atoms in total. The zero-order valence-corrected chi connectivity index (χ0v) is 5.44. The molecule has 0 amide bonds. The van der Waals surface area contributed by atoms with Gasteiger partial charge in [-0.05, 0) is 5.41 Å². The largest absolute Gasteiger partial charge is 0.198 e. The van der Waals surface area contributed by atoms with Gasteiger partial charge in [0, 0.05) is 6.42 Å². The molecule has 1 heteroatoms. The summed E-state index contributed by atoms with van der Waals surface area (Å²) in [6.45, 7) is 7.58. The first-order chi connectivity index (χ1) is 3.62. The summed E-state index contributed by atoms with van der Waals surface area (Å²) in [5, 5.41) is 8.24. The van der Waals surface area contributed by atoms with Crippen molar-refractivity contribution < 1.29 is 0 Å². The molecule has 0 aromatic heterocycles. The molecule has 0 aliphatic carbocycles. The molecule has 0 spiro atoms. The van der Waals surface area contributed by atoms with Crippen LogP contribution in [0.15, 0.2) is 12.7 Å². The maximum absolute atomic E-state index is 8.24. The van der Waals surface area contributed by atoms with E-state index in [0.717, 1.165) is 0 Å². The summed E-state index contributed by atoms with van der Waals surface area (Å²) >= 11 is 0. The zero-order chi connectivity index (χ0) is 6.62. The third-order valence-electron chi connectivity index (χ3n) is 1.09. The van der Waals surface area contributed by atoms with Crippen LogP contribution in [0.1, 0.15) is 20.3 Å². The second-order valence-electron chi connectivity index (χ2n) is 2.53.